The summed E-state index contributed by atoms with van der Waals surface area (Å²) in [7, 11) is -3.50. The SMILES string of the molecule is O=S(=O)(c1ccccc1)N1CC2CN(Cc3ccc(C(F)(F)F)cc3)C2C1. The van der Waals surface area contributed by atoms with Crippen LogP contribution in [0.1, 0.15) is 11.1 Å². The molecule has 0 N–H and O–H groups in total. The summed E-state index contributed by atoms with van der Waals surface area (Å²) in [6, 6.07) is 13.6. The van der Waals surface area contributed by atoms with Crippen molar-refractivity contribution >= 4 is 10.0 Å². The van der Waals surface area contributed by atoms with Crippen molar-refractivity contribution < 1.29 is 21.6 Å². The van der Waals surface area contributed by atoms with Crippen LogP contribution in [0, 0.1) is 5.92 Å². The predicted molar refractivity (Wildman–Crippen MR) is 94.3 cm³/mol. The molecule has 2 heterocycles. The molecule has 0 bridgehead atoms. The minimum absolute atomic E-state index is 0.116. The fourth-order valence-electron chi connectivity index (χ4n) is 3.86. The van der Waals surface area contributed by atoms with E-state index < -0.39 is 21.8 Å². The van der Waals surface area contributed by atoms with Gasteiger partial charge in [-0.25, -0.2) is 8.42 Å². The summed E-state index contributed by atoms with van der Waals surface area (Å²) in [4.78, 5) is 2.42. The van der Waals surface area contributed by atoms with Crippen LogP contribution >= 0.6 is 0 Å². The van der Waals surface area contributed by atoms with Crippen LogP contribution in [0.3, 0.4) is 0 Å². The molecular formula is C19H19F3N2O2S. The third-order valence-electron chi connectivity index (χ3n) is 5.36. The Morgan fingerprint density at radius 3 is 2.22 bits per heavy atom. The van der Waals surface area contributed by atoms with Gasteiger partial charge in [-0.3, -0.25) is 4.90 Å². The lowest BCUT2D eigenvalue weighted by Gasteiger charge is -2.43. The maximum atomic E-state index is 12.8. The summed E-state index contributed by atoms with van der Waals surface area (Å²) in [6.07, 6.45) is -4.34. The fourth-order valence-corrected chi connectivity index (χ4v) is 5.40. The zero-order chi connectivity index (χ0) is 19.2. The van der Waals surface area contributed by atoms with E-state index in [2.05, 4.69) is 4.90 Å². The number of fused-ring (bicyclic) bond motifs is 1. The van der Waals surface area contributed by atoms with Gasteiger partial charge in [-0.1, -0.05) is 30.3 Å². The molecule has 2 fully saturated rings. The van der Waals surface area contributed by atoms with Crippen molar-refractivity contribution in [1.29, 1.82) is 0 Å². The molecule has 2 aromatic carbocycles. The molecule has 2 saturated heterocycles. The molecule has 0 amide bonds. The van der Waals surface area contributed by atoms with Crippen LogP contribution < -0.4 is 0 Å². The molecule has 8 heteroatoms. The van der Waals surface area contributed by atoms with Crippen molar-refractivity contribution in [2.24, 2.45) is 5.92 Å². The molecule has 2 aromatic rings. The van der Waals surface area contributed by atoms with Gasteiger partial charge in [0.1, 0.15) is 0 Å². The Morgan fingerprint density at radius 1 is 0.926 bits per heavy atom. The van der Waals surface area contributed by atoms with Crippen LogP contribution in [0.4, 0.5) is 13.2 Å². The zero-order valence-corrected chi connectivity index (χ0v) is 15.2. The number of alkyl halides is 3. The Labute approximate surface area is 156 Å². The molecule has 2 aliphatic heterocycles. The van der Waals surface area contributed by atoms with Crippen molar-refractivity contribution in [3.63, 3.8) is 0 Å². The van der Waals surface area contributed by atoms with E-state index in [-0.39, 0.29) is 12.0 Å². The summed E-state index contributed by atoms with van der Waals surface area (Å²) in [5.74, 6) is 0.276. The average molecular weight is 396 g/mol. The molecule has 144 valence electrons. The highest BCUT2D eigenvalue weighted by atomic mass is 32.2. The van der Waals surface area contributed by atoms with Crippen molar-refractivity contribution in [2.45, 2.75) is 23.7 Å². The second-order valence-corrected chi connectivity index (χ2v) is 9.02. The van der Waals surface area contributed by atoms with Gasteiger partial charge in [0.15, 0.2) is 0 Å². The van der Waals surface area contributed by atoms with E-state index in [4.69, 9.17) is 0 Å². The van der Waals surface area contributed by atoms with Gasteiger partial charge >= 0.3 is 6.18 Å². The number of halogens is 3. The molecule has 2 atom stereocenters. The summed E-state index contributed by atoms with van der Waals surface area (Å²) in [5.41, 5.74) is 0.138. The van der Waals surface area contributed by atoms with Crippen molar-refractivity contribution in [3.8, 4) is 0 Å². The lowest BCUT2D eigenvalue weighted by atomic mass is 9.91. The largest absolute Gasteiger partial charge is 0.416 e. The average Bonchev–Trinajstić information content (AvgIpc) is 2.98. The van der Waals surface area contributed by atoms with Gasteiger partial charge in [0.05, 0.1) is 10.5 Å². The minimum atomic E-state index is -4.34. The number of hydrogen-bond acceptors (Lipinski definition) is 3. The van der Waals surface area contributed by atoms with Gasteiger partial charge < -0.3 is 0 Å². The third-order valence-corrected chi connectivity index (χ3v) is 7.20. The first-order valence-corrected chi connectivity index (χ1v) is 10.1. The van der Waals surface area contributed by atoms with Gasteiger partial charge in [0.2, 0.25) is 10.0 Å². The molecule has 2 unspecified atom stereocenters. The van der Waals surface area contributed by atoms with Gasteiger partial charge in [-0.05, 0) is 29.8 Å². The van der Waals surface area contributed by atoms with Crippen LogP contribution in [-0.4, -0.2) is 43.3 Å². The summed E-state index contributed by atoms with van der Waals surface area (Å²) >= 11 is 0. The Balaban J connectivity index is 1.41. The number of rotatable bonds is 4. The number of likely N-dealkylation sites (tertiary alicyclic amines) is 1. The lowest BCUT2D eigenvalue weighted by molar-refractivity contribution is -0.137. The molecule has 2 aliphatic rings. The lowest BCUT2D eigenvalue weighted by Crippen LogP contribution is -2.54. The van der Waals surface area contributed by atoms with Crippen molar-refractivity contribution in [2.75, 3.05) is 19.6 Å². The Hall–Kier alpha value is -1.90. The summed E-state index contributed by atoms with van der Waals surface area (Å²) in [5, 5.41) is 0. The monoisotopic (exact) mass is 396 g/mol. The van der Waals surface area contributed by atoms with E-state index in [1.54, 1.807) is 30.3 Å². The molecule has 27 heavy (non-hydrogen) atoms. The van der Waals surface area contributed by atoms with E-state index in [9.17, 15) is 21.6 Å². The first kappa shape index (κ1) is 18.5. The molecule has 4 rings (SSSR count). The van der Waals surface area contributed by atoms with Crippen LogP contribution in [0.2, 0.25) is 0 Å². The highest BCUT2D eigenvalue weighted by Crippen LogP contribution is 2.36. The maximum Gasteiger partial charge on any atom is 0.416 e. The second kappa shape index (κ2) is 6.61. The number of hydrogen-bond donors (Lipinski definition) is 0. The molecule has 0 aromatic heterocycles. The van der Waals surface area contributed by atoms with Crippen LogP contribution in [0.25, 0.3) is 0 Å². The smallest absolute Gasteiger partial charge is 0.294 e. The van der Waals surface area contributed by atoms with Gasteiger partial charge in [-0.2, -0.15) is 17.5 Å². The van der Waals surface area contributed by atoms with Crippen molar-refractivity contribution in [3.05, 3.63) is 65.7 Å². The van der Waals surface area contributed by atoms with Crippen molar-refractivity contribution in [1.82, 2.24) is 9.21 Å². The molecule has 0 radical (unpaired) electrons. The Kier molecular flexibility index (Phi) is 4.52. The Morgan fingerprint density at radius 2 is 1.59 bits per heavy atom. The first-order valence-electron chi connectivity index (χ1n) is 8.70. The van der Waals surface area contributed by atoms with Gasteiger partial charge in [0, 0.05) is 38.1 Å². The quantitative estimate of drug-likeness (QED) is 0.797. The molecule has 0 aliphatic carbocycles. The zero-order valence-electron chi connectivity index (χ0n) is 14.4. The van der Waals surface area contributed by atoms with E-state index in [1.807, 2.05) is 0 Å². The molecular weight excluding hydrogens is 377 g/mol. The molecule has 0 spiro atoms. The van der Waals surface area contributed by atoms with Gasteiger partial charge in [-0.15, -0.1) is 0 Å². The minimum Gasteiger partial charge on any atom is -0.294 e. The van der Waals surface area contributed by atoms with E-state index >= 15 is 0 Å². The number of benzene rings is 2. The fraction of sp³-hybridized carbons (Fsp3) is 0.368. The Bertz CT molecular complexity index is 914. The summed E-state index contributed by atoms with van der Waals surface area (Å²) in [6.45, 7) is 2.19. The highest BCUT2D eigenvalue weighted by molar-refractivity contribution is 7.89. The topological polar surface area (TPSA) is 40.6 Å². The second-order valence-electron chi connectivity index (χ2n) is 7.09. The summed E-state index contributed by atoms with van der Waals surface area (Å²) < 4.78 is 65.0. The normalized spacial score (nSPS) is 23.8. The number of sulfonamides is 1. The van der Waals surface area contributed by atoms with E-state index in [0.717, 1.165) is 24.2 Å². The number of nitrogens with zero attached hydrogens (tertiary/aromatic N) is 2. The predicted octanol–water partition coefficient (Wildman–Crippen LogP) is 3.21. The molecule has 4 nitrogen and oxygen atoms in total. The van der Waals surface area contributed by atoms with Crippen LogP contribution in [0.5, 0.6) is 0 Å². The highest BCUT2D eigenvalue weighted by Gasteiger charge is 2.48. The third kappa shape index (κ3) is 3.49. The maximum absolute atomic E-state index is 12.8. The first-order chi connectivity index (χ1) is 12.7. The van der Waals surface area contributed by atoms with Crippen LogP contribution in [-0.2, 0) is 22.7 Å². The van der Waals surface area contributed by atoms with Crippen LogP contribution in [0.15, 0.2) is 59.5 Å². The molecule has 0 saturated carbocycles. The van der Waals surface area contributed by atoms with Gasteiger partial charge in [0.25, 0.3) is 0 Å². The standard InChI is InChI=1S/C19H19F3N2O2S/c20-19(21,22)16-8-6-14(7-9-16)10-23-11-15-12-24(13-18(15)23)27(25,26)17-4-2-1-3-5-17/h1-9,15,18H,10-13H2. The van der Waals surface area contributed by atoms with E-state index in [1.165, 1.54) is 16.4 Å². The van der Waals surface area contributed by atoms with E-state index in [0.29, 0.717) is 24.5 Å².